The molecule has 1 aliphatic rings. The number of hydrogen-bond donors (Lipinski definition) is 0. The molecule has 0 bridgehead atoms. The van der Waals surface area contributed by atoms with Gasteiger partial charge >= 0.3 is 0 Å². The van der Waals surface area contributed by atoms with Gasteiger partial charge in [0.25, 0.3) is 11.5 Å². The maximum atomic E-state index is 13.7. The average Bonchev–Trinajstić information content (AvgIpc) is 3.22. The van der Waals surface area contributed by atoms with Gasteiger partial charge in [-0.15, -0.1) is 11.3 Å². The Morgan fingerprint density at radius 2 is 1.94 bits per heavy atom. The van der Waals surface area contributed by atoms with Crippen LogP contribution in [0.3, 0.4) is 0 Å². The largest absolute Gasteiger partial charge is 0.482 e. The molecule has 36 heavy (non-hydrogen) atoms. The van der Waals surface area contributed by atoms with Crippen molar-refractivity contribution in [1.29, 1.82) is 0 Å². The number of rotatable bonds is 6. The molecule has 9 heteroatoms. The molecule has 1 unspecified atom stereocenters. The molecule has 0 saturated carbocycles. The number of aromatic nitrogens is 2. The van der Waals surface area contributed by atoms with Gasteiger partial charge in [-0.2, -0.15) is 0 Å². The molecule has 0 fully saturated rings. The quantitative estimate of drug-likeness (QED) is 0.277. The van der Waals surface area contributed by atoms with E-state index in [0.717, 1.165) is 26.9 Å². The highest BCUT2D eigenvalue weighted by Gasteiger charge is 2.28. The number of thiophene rings is 1. The lowest BCUT2D eigenvalue weighted by Gasteiger charge is -2.29. The summed E-state index contributed by atoms with van der Waals surface area (Å²) in [5.74, 6) is 0.189. The molecule has 2 aromatic carbocycles. The fourth-order valence-electron chi connectivity index (χ4n) is 4.55. The van der Waals surface area contributed by atoms with Gasteiger partial charge < -0.3 is 9.64 Å². The molecule has 1 aliphatic heterocycles. The zero-order valence-electron chi connectivity index (χ0n) is 20.1. The molecule has 0 spiro atoms. The predicted octanol–water partition coefficient (Wildman–Crippen LogP) is 5.78. The highest BCUT2D eigenvalue weighted by Crippen LogP contribution is 2.37. The number of amides is 1. The SMILES string of the molecule is CCCN1C(=O)COc2ccc(C(=O)C(C)n3cnc4sc(C)c(-c5ccc(Br)cc5)c4c3=O)cc21. The Bertz CT molecular complexity index is 1560. The van der Waals surface area contributed by atoms with Crippen molar-refractivity contribution in [3.63, 3.8) is 0 Å². The standard InChI is InChI=1S/C27H24BrN3O4S/c1-4-11-30-20-12-18(7-10-21(20)35-13-22(30)32)25(33)15(2)31-14-29-26-24(27(31)34)23(16(3)36-26)17-5-8-19(28)9-6-17/h5-10,12,14-15H,4,11,13H2,1-3H3. The second-order valence-electron chi connectivity index (χ2n) is 8.73. The Morgan fingerprint density at radius 3 is 2.67 bits per heavy atom. The van der Waals surface area contributed by atoms with Gasteiger partial charge in [0.2, 0.25) is 0 Å². The number of carbonyl (C=O) groups excluding carboxylic acids is 2. The maximum absolute atomic E-state index is 13.7. The summed E-state index contributed by atoms with van der Waals surface area (Å²) in [4.78, 5) is 47.4. The van der Waals surface area contributed by atoms with Crippen LogP contribution < -0.4 is 15.2 Å². The predicted molar refractivity (Wildman–Crippen MR) is 145 cm³/mol. The van der Waals surface area contributed by atoms with Crippen molar-refractivity contribution in [2.75, 3.05) is 18.1 Å². The van der Waals surface area contributed by atoms with Crippen LogP contribution in [0.4, 0.5) is 5.69 Å². The molecule has 1 atom stereocenters. The normalized spacial score (nSPS) is 14.0. The molecule has 7 nitrogen and oxygen atoms in total. The number of aryl methyl sites for hydroxylation is 1. The van der Waals surface area contributed by atoms with Gasteiger partial charge in [0, 0.05) is 27.0 Å². The van der Waals surface area contributed by atoms with Crippen LogP contribution in [0.15, 0.2) is 58.1 Å². The number of ether oxygens (including phenoxy) is 1. The first-order valence-electron chi connectivity index (χ1n) is 11.7. The van der Waals surface area contributed by atoms with E-state index in [0.29, 0.717) is 33.8 Å². The van der Waals surface area contributed by atoms with E-state index in [1.165, 1.54) is 22.2 Å². The van der Waals surface area contributed by atoms with Crippen LogP contribution in [0.5, 0.6) is 5.75 Å². The van der Waals surface area contributed by atoms with Crippen molar-refractivity contribution < 1.29 is 14.3 Å². The summed E-state index contributed by atoms with van der Waals surface area (Å²) in [7, 11) is 0. The average molecular weight is 566 g/mol. The number of hydrogen-bond acceptors (Lipinski definition) is 6. The summed E-state index contributed by atoms with van der Waals surface area (Å²) >= 11 is 4.92. The molecule has 184 valence electrons. The van der Waals surface area contributed by atoms with E-state index in [1.54, 1.807) is 30.0 Å². The maximum Gasteiger partial charge on any atom is 0.265 e. The first-order chi connectivity index (χ1) is 17.3. The summed E-state index contributed by atoms with van der Waals surface area (Å²) < 4.78 is 7.90. The van der Waals surface area contributed by atoms with Crippen LogP contribution in [0, 0.1) is 6.92 Å². The third-order valence-corrected chi connectivity index (χ3v) is 7.92. The van der Waals surface area contributed by atoms with E-state index in [-0.39, 0.29) is 23.9 Å². The number of benzene rings is 2. The highest BCUT2D eigenvalue weighted by atomic mass is 79.9. The van der Waals surface area contributed by atoms with E-state index < -0.39 is 6.04 Å². The smallest absolute Gasteiger partial charge is 0.265 e. The van der Waals surface area contributed by atoms with Crippen LogP contribution in [0.1, 0.15) is 41.5 Å². The minimum atomic E-state index is -0.787. The number of fused-ring (bicyclic) bond motifs is 2. The second-order valence-corrected chi connectivity index (χ2v) is 10.9. The summed E-state index contributed by atoms with van der Waals surface area (Å²) in [5.41, 5.74) is 2.49. The molecule has 1 amide bonds. The van der Waals surface area contributed by atoms with Crippen LogP contribution in [0.2, 0.25) is 0 Å². The van der Waals surface area contributed by atoms with Gasteiger partial charge in [0.15, 0.2) is 12.4 Å². The van der Waals surface area contributed by atoms with Gasteiger partial charge in [0.05, 0.1) is 23.4 Å². The van der Waals surface area contributed by atoms with Crippen LogP contribution in [-0.4, -0.2) is 34.4 Å². The summed E-state index contributed by atoms with van der Waals surface area (Å²) in [6, 6.07) is 12.1. The summed E-state index contributed by atoms with van der Waals surface area (Å²) in [5, 5.41) is 0.514. The van der Waals surface area contributed by atoms with Crippen LogP contribution in [0.25, 0.3) is 21.3 Å². The molecule has 2 aromatic heterocycles. The van der Waals surface area contributed by atoms with Crippen molar-refractivity contribution in [3.05, 3.63) is 74.1 Å². The molecule has 5 rings (SSSR count). The fraction of sp³-hybridized carbons (Fsp3) is 0.259. The van der Waals surface area contributed by atoms with Gasteiger partial charge in [-0.1, -0.05) is 35.0 Å². The van der Waals surface area contributed by atoms with Crippen molar-refractivity contribution in [2.45, 2.75) is 33.2 Å². The van der Waals surface area contributed by atoms with E-state index in [4.69, 9.17) is 4.74 Å². The zero-order valence-corrected chi connectivity index (χ0v) is 22.5. The molecule has 0 saturated heterocycles. The fourth-order valence-corrected chi connectivity index (χ4v) is 5.81. The number of anilines is 1. The molecule has 0 radical (unpaired) electrons. The number of Topliss-reactive ketones (excluding diaryl/α,β-unsaturated/α-hetero) is 1. The Morgan fingerprint density at radius 1 is 1.19 bits per heavy atom. The van der Waals surface area contributed by atoms with Crippen molar-refractivity contribution in [2.24, 2.45) is 0 Å². The number of halogens is 1. The minimum absolute atomic E-state index is 0.0153. The van der Waals surface area contributed by atoms with E-state index in [9.17, 15) is 14.4 Å². The lowest BCUT2D eigenvalue weighted by atomic mass is 10.0. The number of nitrogens with zero attached hydrogens (tertiary/aromatic N) is 3. The Balaban J connectivity index is 1.55. The van der Waals surface area contributed by atoms with Gasteiger partial charge in [-0.05, 0) is 56.2 Å². The third-order valence-electron chi connectivity index (χ3n) is 6.38. The number of carbonyl (C=O) groups is 2. The topological polar surface area (TPSA) is 81.5 Å². The molecular weight excluding hydrogens is 542 g/mol. The summed E-state index contributed by atoms with van der Waals surface area (Å²) in [6.07, 6.45) is 2.23. The lowest BCUT2D eigenvalue weighted by Crippen LogP contribution is -2.39. The van der Waals surface area contributed by atoms with Crippen molar-refractivity contribution in [1.82, 2.24) is 9.55 Å². The Hall–Kier alpha value is -3.30. The van der Waals surface area contributed by atoms with Gasteiger partial charge in [-0.25, -0.2) is 4.98 Å². The first kappa shape index (κ1) is 24.4. The number of ketones is 1. The van der Waals surface area contributed by atoms with E-state index in [2.05, 4.69) is 20.9 Å². The molecule has 3 heterocycles. The van der Waals surface area contributed by atoms with Gasteiger partial charge in [0.1, 0.15) is 10.6 Å². The molecule has 0 aliphatic carbocycles. The zero-order chi connectivity index (χ0) is 25.6. The van der Waals surface area contributed by atoms with E-state index in [1.807, 2.05) is 38.1 Å². The first-order valence-corrected chi connectivity index (χ1v) is 13.3. The third kappa shape index (κ3) is 4.16. The van der Waals surface area contributed by atoms with Crippen LogP contribution in [-0.2, 0) is 4.79 Å². The molecule has 0 N–H and O–H groups in total. The van der Waals surface area contributed by atoms with Crippen LogP contribution >= 0.6 is 27.3 Å². The second kappa shape index (κ2) is 9.63. The molecule has 4 aromatic rings. The highest BCUT2D eigenvalue weighted by molar-refractivity contribution is 9.10. The monoisotopic (exact) mass is 565 g/mol. The van der Waals surface area contributed by atoms with Gasteiger partial charge in [-0.3, -0.25) is 19.0 Å². The molecular formula is C27H24BrN3O4S. The minimum Gasteiger partial charge on any atom is -0.482 e. The van der Waals surface area contributed by atoms with Crippen molar-refractivity contribution in [3.8, 4) is 16.9 Å². The summed E-state index contributed by atoms with van der Waals surface area (Å²) in [6.45, 7) is 6.18. The van der Waals surface area contributed by atoms with E-state index >= 15 is 0 Å². The lowest BCUT2D eigenvalue weighted by molar-refractivity contribution is -0.121. The van der Waals surface area contributed by atoms with Crippen molar-refractivity contribution >= 4 is 54.9 Å². The Labute approximate surface area is 220 Å². The Kier molecular flexibility index (Phi) is 6.53.